The van der Waals surface area contributed by atoms with Gasteiger partial charge in [-0.3, -0.25) is 9.00 Å². The van der Waals surface area contributed by atoms with Gasteiger partial charge in [0.1, 0.15) is 12.4 Å². The number of nitrogens with zero attached hydrogens (tertiary/aromatic N) is 3. The molecule has 1 aromatic heterocycles. The van der Waals surface area contributed by atoms with Crippen LogP contribution in [0.25, 0.3) is 17.2 Å². The van der Waals surface area contributed by atoms with Crippen molar-refractivity contribution in [1.29, 1.82) is 0 Å². The Morgan fingerprint density at radius 1 is 0.981 bits per heavy atom. The number of rotatable bonds is 16. The molecule has 1 saturated heterocycles. The third kappa shape index (κ3) is 9.79. The normalized spacial score (nSPS) is 16.4. The van der Waals surface area contributed by atoms with Gasteiger partial charge in [-0.15, -0.1) is 0 Å². The number of anilines is 2. The summed E-state index contributed by atoms with van der Waals surface area (Å²) in [5.74, 6) is 1.61. The van der Waals surface area contributed by atoms with Gasteiger partial charge >= 0.3 is 0 Å². The highest BCUT2D eigenvalue weighted by atomic mass is 32.2. The average molecular weight is 725 g/mol. The molecule has 9 nitrogen and oxygen atoms in total. The minimum absolute atomic E-state index is 0.117. The number of aromatic nitrogens is 2. The van der Waals surface area contributed by atoms with Gasteiger partial charge in [-0.25, -0.2) is 4.98 Å². The molecule has 1 N–H and O–H groups in total. The number of hydrogen-bond acceptors (Lipinski definition) is 7. The Balaban J connectivity index is 1.19. The van der Waals surface area contributed by atoms with Crippen molar-refractivity contribution in [2.45, 2.75) is 70.1 Å². The largest absolute Gasteiger partial charge is 0.491 e. The smallest absolute Gasteiger partial charge is 0.251 e. The maximum absolute atomic E-state index is 13.9. The highest BCUT2D eigenvalue weighted by Gasteiger charge is 2.24. The van der Waals surface area contributed by atoms with Crippen LogP contribution in [-0.2, 0) is 37.4 Å². The highest BCUT2D eigenvalue weighted by Crippen LogP contribution is 2.34. The third-order valence-corrected chi connectivity index (χ3v) is 11.1. The van der Waals surface area contributed by atoms with Crippen molar-refractivity contribution in [3.05, 3.63) is 95.6 Å². The molecule has 3 aromatic carbocycles. The molecule has 1 fully saturated rings. The van der Waals surface area contributed by atoms with Crippen LogP contribution in [0.1, 0.15) is 62.9 Å². The zero-order chi connectivity index (χ0) is 36.3. The van der Waals surface area contributed by atoms with Gasteiger partial charge in [0.05, 0.1) is 54.1 Å². The number of fused-ring (bicyclic) bond motifs is 1. The summed E-state index contributed by atoms with van der Waals surface area (Å²) in [4.78, 5) is 21.4. The number of ether oxygens (including phenoxy) is 3. The second-order valence-corrected chi connectivity index (χ2v) is 15.1. The van der Waals surface area contributed by atoms with Crippen LogP contribution in [0.5, 0.6) is 5.75 Å². The van der Waals surface area contributed by atoms with Crippen LogP contribution in [0.4, 0.5) is 11.4 Å². The predicted octanol–water partition coefficient (Wildman–Crippen LogP) is 8.04. The topological polar surface area (TPSA) is 94.9 Å². The van der Waals surface area contributed by atoms with E-state index in [-0.39, 0.29) is 5.91 Å². The summed E-state index contributed by atoms with van der Waals surface area (Å²) in [6, 6.07) is 22.1. The molecule has 276 valence electrons. The van der Waals surface area contributed by atoms with Crippen molar-refractivity contribution >= 4 is 34.2 Å². The molecule has 1 atom stereocenters. The van der Waals surface area contributed by atoms with E-state index in [1.54, 1.807) is 6.33 Å². The Morgan fingerprint density at radius 2 is 1.77 bits per heavy atom. The van der Waals surface area contributed by atoms with E-state index in [4.69, 9.17) is 14.2 Å². The first-order valence-electron chi connectivity index (χ1n) is 18.7. The van der Waals surface area contributed by atoms with E-state index in [2.05, 4.69) is 65.5 Å². The molecule has 0 radical (unpaired) electrons. The van der Waals surface area contributed by atoms with Gasteiger partial charge in [0.25, 0.3) is 5.91 Å². The van der Waals surface area contributed by atoms with Crippen LogP contribution in [0, 0.1) is 12.8 Å². The summed E-state index contributed by atoms with van der Waals surface area (Å²) in [5.41, 5.74) is 7.64. The monoisotopic (exact) mass is 724 g/mol. The Labute approximate surface area is 310 Å². The lowest BCUT2D eigenvalue weighted by atomic mass is 9.98. The zero-order valence-corrected chi connectivity index (χ0v) is 31.6. The van der Waals surface area contributed by atoms with Crippen LogP contribution < -0.4 is 15.0 Å². The predicted molar refractivity (Wildman–Crippen MR) is 209 cm³/mol. The van der Waals surface area contributed by atoms with Crippen molar-refractivity contribution in [2.24, 2.45) is 5.92 Å². The van der Waals surface area contributed by atoms with Gasteiger partial charge in [-0.1, -0.05) is 31.5 Å². The molecule has 52 heavy (non-hydrogen) atoms. The van der Waals surface area contributed by atoms with E-state index in [1.165, 1.54) is 0 Å². The molecule has 6 rings (SSSR count). The molecule has 0 saturated carbocycles. The number of hydrogen-bond donors (Lipinski definition) is 1. The summed E-state index contributed by atoms with van der Waals surface area (Å²) in [5, 5.41) is 3.12. The van der Waals surface area contributed by atoms with E-state index in [0.29, 0.717) is 37.0 Å². The first kappa shape index (κ1) is 37.5. The first-order valence-corrected chi connectivity index (χ1v) is 20.0. The van der Waals surface area contributed by atoms with E-state index in [0.717, 1.165) is 115 Å². The van der Waals surface area contributed by atoms with Crippen molar-refractivity contribution < 1.29 is 23.2 Å². The molecule has 3 heterocycles. The fourth-order valence-electron chi connectivity index (χ4n) is 6.59. The van der Waals surface area contributed by atoms with Gasteiger partial charge in [0.15, 0.2) is 0 Å². The van der Waals surface area contributed by atoms with Crippen molar-refractivity contribution in [1.82, 2.24) is 9.55 Å². The Morgan fingerprint density at radius 3 is 2.50 bits per heavy atom. The van der Waals surface area contributed by atoms with E-state index in [9.17, 15) is 9.00 Å². The molecule has 0 spiro atoms. The Hall–Kier alpha value is -4.25. The molecule has 2 aliphatic rings. The number of benzene rings is 3. The maximum atomic E-state index is 13.9. The number of carbonyl (C=O) groups excluding carboxylic acids is 1. The van der Waals surface area contributed by atoms with Gasteiger partial charge < -0.3 is 29.0 Å². The SMILES string of the molecule is CCCCOCCOc1ccc(-c2ccc3c(c2)/C=C(/C(=O)Nc2ccc(S(=O)Cc4c(C)ncn4CC)cc2)CCCCN3CC2COC2)cc1. The molecule has 2 aliphatic heterocycles. The highest BCUT2D eigenvalue weighted by molar-refractivity contribution is 7.84. The van der Waals surface area contributed by atoms with Crippen molar-refractivity contribution in [2.75, 3.05) is 56.3 Å². The molecule has 10 heteroatoms. The second kappa shape index (κ2) is 18.5. The van der Waals surface area contributed by atoms with Crippen LogP contribution in [0.3, 0.4) is 0 Å². The van der Waals surface area contributed by atoms with Gasteiger partial charge in [-0.2, -0.15) is 0 Å². The third-order valence-electron chi connectivity index (χ3n) is 9.76. The van der Waals surface area contributed by atoms with Gasteiger partial charge in [0.2, 0.25) is 0 Å². The van der Waals surface area contributed by atoms with Crippen LogP contribution in [0.15, 0.2) is 83.5 Å². The van der Waals surface area contributed by atoms with Gasteiger partial charge in [0, 0.05) is 54.0 Å². The van der Waals surface area contributed by atoms with E-state index in [1.807, 2.05) is 47.9 Å². The lowest BCUT2D eigenvalue weighted by molar-refractivity contribution is -0.112. The summed E-state index contributed by atoms with van der Waals surface area (Å²) >= 11 is 0. The Bertz CT molecular complexity index is 1830. The van der Waals surface area contributed by atoms with Crippen LogP contribution >= 0.6 is 0 Å². The zero-order valence-electron chi connectivity index (χ0n) is 30.8. The number of carbonyl (C=O) groups is 1. The number of unbranched alkanes of at least 4 members (excludes halogenated alkanes) is 1. The van der Waals surface area contributed by atoms with E-state index >= 15 is 0 Å². The molecule has 0 bridgehead atoms. The lowest BCUT2D eigenvalue weighted by Gasteiger charge is -2.34. The van der Waals surface area contributed by atoms with Crippen LogP contribution in [0.2, 0.25) is 0 Å². The number of amides is 1. The quantitative estimate of drug-likeness (QED) is 0.117. The second-order valence-electron chi connectivity index (χ2n) is 13.6. The molecule has 4 aromatic rings. The van der Waals surface area contributed by atoms with Crippen LogP contribution in [-0.4, -0.2) is 65.8 Å². The number of nitrogens with one attached hydrogen (secondary N) is 1. The summed E-state index contributed by atoms with van der Waals surface area (Å²) in [7, 11) is -1.23. The van der Waals surface area contributed by atoms with Crippen molar-refractivity contribution in [3.8, 4) is 16.9 Å². The molecule has 1 amide bonds. The minimum atomic E-state index is -1.23. The molecular weight excluding hydrogens is 673 g/mol. The summed E-state index contributed by atoms with van der Waals surface area (Å²) in [6.45, 7) is 12.3. The Kier molecular flexibility index (Phi) is 13.3. The maximum Gasteiger partial charge on any atom is 0.251 e. The average Bonchev–Trinajstić information content (AvgIpc) is 3.53. The summed E-state index contributed by atoms with van der Waals surface area (Å²) < 4.78 is 32.3. The lowest BCUT2D eigenvalue weighted by Crippen LogP contribution is -2.40. The number of aryl methyl sites for hydroxylation is 2. The number of imidazole rings is 1. The first-order chi connectivity index (χ1) is 25.4. The fraction of sp³-hybridized carbons (Fsp3) is 0.429. The molecule has 0 aliphatic carbocycles. The fourth-order valence-corrected chi connectivity index (χ4v) is 7.82. The van der Waals surface area contributed by atoms with E-state index < -0.39 is 10.8 Å². The van der Waals surface area contributed by atoms with Gasteiger partial charge in [-0.05, 0) is 111 Å². The minimum Gasteiger partial charge on any atom is -0.491 e. The van der Waals surface area contributed by atoms with Crippen molar-refractivity contribution in [3.63, 3.8) is 0 Å². The molecule has 1 unspecified atom stereocenters. The molecular formula is C42H52N4O5S. The standard InChI is InChI=1S/C42H52N4O5S/c1-4-6-21-49-22-23-51-38-15-10-33(11-16-38)34-12-19-40-36(24-34)25-35(9-7-8-20-46(40)26-32-27-50-28-32)42(47)44-37-13-17-39(18-14-37)52(48)29-41-31(3)43-30-45(41)5-2/h10-19,24-25,30,32H,4-9,20-23,26-29H2,1-3H3,(H,44,47)/b35-25+. The summed E-state index contributed by atoms with van der Waals surface area (Å²) in [6.07, 6.45) is 8.63.